The predicted molar refractivity (Wildman–Crippen MR) is 66.1 cm³/mol. The molecule has 0 amide bonds. The Labute approximate surface area is 93.0 Å². The van der Waals surface area contributed by atoms with Gasteiger partial charge in [0.15, 0.2) is 0 Å². The SMILES string of the molecule is Cc1ccc([C@@]2(C)C=CCC2(C)C)cc1. The summed E-state index contributed by atoms with van der Waals surface area (Å²) >= 11 is 0. The predicted octanol–water partition coefficient (Wildman–Crippen LogP) is 4.24. The lowest BCUT2D eigenvalue weighted by molar-refractivity contribution is 0.253. The van der Waals surface area contributed by atoms with Gasteiger partial charge in [0.05, 0.1) is 0 Å². The van der Waals surface area contributed by atoms with Gasteiger partial charge in [-0.05, 0) is 24.3 Å². The molecule has 0 spiro atoms. The van der Waals surface area contributed by atoms with Gasteiger partial charge in [0.25, 0.3) is 0 Å². The molecule has 0 aliphatic heterocycles. The second kappa shape index (κ2) is 3.23. The molecule has 1 aromatic carbocycles. The molecule has 0 saturated carbocycles. The summed E-state index contributed by atoms with van der Waals surface area (Å²) in [6.45, 7) is 9.20. The van der Waals surface area contributed by atoms with Crippen LogP contribution in [0.4, 0.5) is 0 Å². The van der Waals surface area contributed by atoms with Crippen LogP contribution in [0.3, 0.4) is 0 Å². The Morgan fingerprint density at radius 1 is 1.00 bits per heavy atom. The summed E-state index contributed by atoms with van der Waals surface area (Å²) in [6, 6.07) is 8.96. The minimum absolute atomic E-state index is 0.195. The van der Waals surface area contributed by atoms with Gasteiger partial charge in [-0.15, -0.1) is 0 Å². The van der Waals surface area contributed by atoms with E-state index in [0.29, 0.717) is 5.41 Å². The molecule has 0 radical (unpaired) electrons. The maximum absolute atomic E-state index is 2.37. The van der Waals surface area contributed by atoms with Crippen molar-refractivity contribution in [2.24, 2.45) is 5.41 Å². The molecule has 0 aromatic heterocycles. The molecule has 0 unspecified atom stereocenters. The molecule has 1 aliphatic rings. The fourth-order valence-corrected chi connectivity index (χ4v) is 2.41. The van der Waals surface area contributed by atoms with E-state index in [1.165, 1.54) is 17.5 Å². The summed E-state index contributed by atoms with van der Waals surface area (Å²) in [5.41, 5.74) is 3.30. The number of rotatable bonds is 1. The highest BCUT2D eigenvalue weighted by molar-refractivity contribution is 5.37. The number of hydrogen-bond donors (Lipinski definition) is 0. The molecule has 0 bridgehead atoms. The summed E-state index contributed by atoms with van der Waals surface area (Å²) in [5, 5.41) is 0. The minimum atomic E-state index is 0.195. The summed E-state index contributed by atoms with van der Waals surface area (Å²) in [7, 11) is 0. The van der Waals surface area contributed by atoms with Crippen molar-refractivity contribution in [2.45, 2.75) is 39.5 Å². The van der Waals surface area contributed by atoms with Gasteiger partial charge < -0.3 is 0 Å². The van der Waals surface area contributed by atoms with Crippen LogP contribution in [-0.4, -0.2) is 0 Å². The van der Waals surface area contributed by atoms with Crippen LogP contribution in [0.2, 0.25) is 0 Å². The molecule has 0 heterocycles. The van der Waals surface area contributed by atoms with Crippen LogP contribution >= 0.6 is 0 Å². The first-order valence-electron chi connectivity index (χ1n) is 5.71. The lowest BCUT2D eigenvalue weighted by atomic mass is 9.65. The first-order chi connectivity index (χ1) is 6.96. The van der Waals surface area contributed by atoms with E-state index < -0.39 is 0 Å². The van der Waals surface area contributed by atoms with Gasteiger partial charge >= 0.3 is 0 Å². The first-order valence-corrected chi connectivity index (χ1v) is 5.71. The Morgan fingerprint density at radius 3 is 2.07 bits per heavy atom. The molecule has 2 rings (SSSR count). The van der Waals surface area contributed by atoms with E-state index in [1.807, 2.05) is 0 Å². The van der Waals surface area contributed by atoms with E-state index in [-0.39, 0.29) is 5.41 Å². The van der Waals surface area contributed by atoms with Crippen molar-refractivity contribution in [3.8, 4) is 0 Å². The number of aryl methyl sites for hydroxylation is 1. The summed E-state index contributed by atoms with van der Waals surface area (Å²) in [5.74, 6) is 0. The van der Waals surface area contributed by atoms with Gasteiger partial charge in [-0.1, -0.05) is 62.8 Å². The molecule has 0 saturated heterocycles. The van der Waals surface area contributed by atoms with Crippen LogP contribution in [0.5, 0.6) is 0 Å². The lowest BCUT2D eigenvalue weighted by Crippen LogP contribution is -2.33. The molecule has 0 fully saturated rings. The van der Waals surface area contributed by atoms with Crippen LogP contribution in [-0.2, 0) is 5.41 Å². The van der Waals surface area contributed by atoms with Crippen molar-refractivity contribution >= 4 is 0 Å². The van der Waals surface area contributed by atoms with Crippen LogP contribution in [0.25, 0.3) is 0 Å². The zero-order chi connectivity index (χ0) is 11.1. The molecule has 80 valence electrons. The quantitative estimate of drug-likeness (QED) is 0.595. The van der Waals surface area contributed by atoms with E-state index in [2.05, 4.69) is 64.1 Å². The molecule has 1 aromatic rings. The normalized spacial score (nSPS) is 28.3. The fraction of sp³-hybridized carbons (Fsp3) is 0.467. The molecule has 1 atom stereocenters. The smallest absolute Gasteiger partial charge is 0.0158 e. The summed E-state index contributed by atoms with van der Waals surface area (Å²) in [6.07, 6.45) is 5.87. The number of benzene rings is 1. The highest BCUT2D eigenvalue weighted by Crippen LogP contribution is 2.49. The van der Waals surface area contributed by atoms with Crippen LogP contribution in [0, 0.1) is 12.3 Å². The molecule has 0 nitrogen and oxygen atoms in total. The third kappa shape index (κ3) is 1.52. The monoisotopic (exact) mass is 200 g/mol. The molecule has 15 heavy (non-hydrogen) atoms. The van der Waals surface area contributed by atoms with Crippen molar-refractivity contribution in [2.75, 3.05) is 0 Å². The first kappa shape index (κ1) is 10.5. The maximum Gasteiger partial charge on any atom is 0.0158 e. The van der Waals surface area contributed by atoms with E-state index in [1.54, 1.807) is 0 Å². The van der Waals surface area contributed by atoms with Gasteiger partial charge in [-0.3, -0.25) is 0 Å². The Hall–Kier alpha value is -1.04. The highest BCUT2D eigenvalue weighted by Gasteiger charge is 2.42. The Bertz CT molecular complexity index is 381. The second-order valence-electron chi connectivity index (χ2n) is 5.56. The van der Waals surface area contributed by atoms with E-state index >= 15 is 0 Å². The molecular formula is C15H20. The molecular weight excluding hydrogens is 180 g/mol. The number of allylic oxidation sites excluding steroid dienone is 2. The lowest BCUT2D eigenvalue weighted by Gasteiger charge is -2.38. The van der Waals surface area contributed by atoms with E-state index in [4.69, 9.17) is 0 Å². The minimum Gasteiger partial charge on any atom is -0.0871 e. The van der Waals surface area contributed by atoms with E-state index in [9.17, 15) is 0 Å². The zero-order valence-electron chi connectivity index (χ0n) is 10.2. The second-order valence-corrected chi connectivity index (χ2v) is 5.56. The van der Waals surface area contributed by atoms with E-state index in [0.717, 1.165) is 0 Å². The van der Waals surface area contributed by atoms with Gasteiger partial charge in [0.1, 0.15) is 0 Å². The van der Waals surface area contributed by atoms with Crippen molar-refractivity contribution < 1.29 is 0 Å². The third-order valence-electron chi connectivity index (χ3n) is 4.14. The van der Waals surface area contributed by atoms with Crippen molar-refractivity contribution in [3.63, 3.8) is 0 Å². The van der Waals surface area contributed by atoms with Crippen molar-refractivity contribution in [1.29, 1.82) is 0 Å². The van der Waals surface area contributed by atoms with Gasteiger partial charge in [-0.25, -0.2) is 0 Å². The Kier molecular flexibility index (Phi) is 2.26. The summed E-state index contributed by atoms with van der Waals surface area (Å²) < 4.78 is 0. The average Bonchev–Trinajstić information content (AvgIpc) is 2.43. The molecule has 0 heteroatoms. The van der Waals surface area contributed by atoms with Gasteiger partial charge in [0, 0.05) is 5.41 Å². The summed E-state index contributed by atoms with van der Waals surface area (Å²) in [4.78, 5) is 0. The standard InChI is InChI=1S/C15H20/c1-12-6-8-13(9-7-12)15(4)11-5-10-14(15,2)3/h5-9,11H,10H2,1-4H3/t15-/m1/s1. The topological polar surface area (TPSA) is 0 Å². The van der Waals surface area contributed by atoms with Gasteiger partial charge in [0.2, 0.25) is 0 Å². The van der Waals surface area contributed by atoms with Crippen molar-refractivity contribution in [3.05, 3.63) is 47.5 Å². The molecule has 1 aliphatic carbocycles. The van der Waals surface area contributed by atoms with Gasteiger partial charge in [-0.2, -0.15) is 0 Å². The Balaban J connectivity index is 2.46. The van der Waals surface area contributed by atoms with Crippen LogP contribution in [0.1, 0.15) is 38.3 Å². The fourth-order valence-electron chi connectivity index (χ4n) is 2.41. The van der Waals surface area contributed by atoms with Crippen LogP contribution in [0.15, 0.2) is 36.4 Å². The maximum atomic E-state index is 2.37. The highest BCUT2D eigenvalue weighted by atomic mass is 14.5. The zero-order valence-corrected chi connectivity index (χ0v) is 10.2. The van der Waals surface area contributed by atoms with Crippen molar-refractivity contribution in [1.82, 2.24) is 0 Å². The largest absolute Gasteiger partial charge is 0.0871 e. The Morgan fingerprint density at radius 2 is 1.60 bits per heavy atom. The number of hydrogen-bond acceptors (Lipinski definition) is 0. The third-order valence-corrected chi connectivity index (χ3v) is 4.14. The van der Waals surface area contributed by atoms with Crippen LogP contribution < -0.4 is 0 Å². The average molecular weight is 200 g/mol. The molecule has 0 N–H and O–H groups in total.